The molecule has 0 radical (unpaired) electrons. The molecule has 0 aromatic heterocycles. The molecular formula is C11H21ClN4O4. The molecule has 20 heavy (non-hydrogen) atoms. The van der Waals surface area contributed by atoms with Crippen molar-refractivity contribution < 1.29 is 19.1 Å². The van der Waals surface area contributed by atoms with Gasteiger partial charge >= 0.3 is 12.2 Å². The normalized spacial score (nSPS) is 18.6. The van der Waals surface area contributed by atoms with Gasteiger partial charge in [0.15, 0.2) is 0 Å². The van der Waals surface area contributed by atoms with E-state index in [2.05, 4.69) is 9.47 Å². The van der Waals surface area contributed by atoms with Crippen LogP contribution in [0.2, 0.25) is 0 Å². The fraction of sp³-hybridized carbons (Fsp3) is 0.727. The molecule has 0 aliphatic carbocycles. The Morgan fingerprint density at radius 3 is 2.80 bits per heavy atom. The summed E-state index contributed by atoms with van der Waals surface area (Å²) in [5, 5.41) is 9.89. The van der Waals surface area contributed by atoms with Crippen LogP contribution in [0.3, 0.4) is 0 Å². The van der Waals surface area contributed by atoms with Crippen LogP contribution in [0.25, 0.3) is 0 Å². The predicted molar refractivity (Wildman–Crippen MR) is 74.7 cm³/mol. The first-order valence-electron chi connectivity index (χ1n) is 6.25. The molecule has 1 rings (SSSR count). The van der Waals surface area contributed by atoms with E-state index >= 15 is 0 Å². The van der Waals surface area contributed by atoms with Crippen molar-refractivity contribution in [2.45, 2.75) is 19.8 Å². The molecule has 0 aromatic rings. The summed E-state index contributed by atoms with van der Waals surface area (Å²) in [6, 6.07) is 0. The highest BCUT2D eigenvalue weighted by atomic mass is 35.5. The Hall–Kier alpha value is -1.38. The van der Waals surface area contributed by atoms with Crippen molar-refractivity contribution in [2.24, 2.45) is 11.7 Å². The monoisotopic (exact) mass is 308 g/mol. The first-order valence-corrected chi connectivity index (χ1v) is 6.25. The highest BCUT2D eigenvalue weighted by Gasteiger charge is 2.28. The first kappa shape index (κ1) is 18.6. The summed E-state index contributed by atoms with van der Waals surface area (Å²) in [4.78, 5) is 22.8. The lowest BCUT2D eigenvalue weighted by Crippen LogP contribution is -2.51. The minimum Gasteiger partial charge on any atom is -0.434 e. The third kappa shape index (κ3) is 5.32. The van der Waals surface area contributed by atoms with Crippen LogP contribution in [-0.2, 0) is 9.47 Å². The van der Waals surface area contributed by atoms with Crippen molar-refractivity contribution in [3.63, 3.8) is 0 Å². The topological polar surface area (TPSA) is 109 Å². The van der Waals surface area contributed by atoms with Crippen molar-refractivity contribution >= 4 is 31.0 Å². The molecule has 9 heteroatoms. The lowest BCUT2D eigenvalue weighted by Gasteiger charge is -2.36. The number of carbonyl (C=O) groups excluding carboxylic acids is 2. The Kier molecular flexibility index (Phi) is 8.86. The SMILES string of the molecule is CCOC(=O)OC(=O)N(C=N)N1CCC[C@@H](CN)C1.Cl. The van der Waals surface area contributed by atoms with Crippen molar-refractivity contribution in [3.05, 3.63) is 0 Å². The zero-order valence-corrected chi connectivity index (χ0v) is 12.2. The van der Waals surface area contributed by atoms with Crippen molar-refractivity contribution in [3.8, 4) is 0 Å². The predicted octanol–water partition coefficient (Wildman–Crippen LogP) is 1.20. The number of amides is 1. The molecule has 1 heterocycles. The molecule has 1 aliphatic heterocycles. The summed E-state index contributed by atoms with van der Waals surface area (Å²) >= 11 is 0. The summed E-state index contributed by atoms with van der Waals surface area (Å²) in [6.07, 6.45) is 0.684. The fourth-order valence-corrected chi connectivity index (χ4v) is 1.95. The zero-order valence-electron chi connectivity index (χ0n) is 11.4. The third-order valence-electron chi connectivity index (χ3n) is 2.88. The van der Waals surface area contributed by atoms with Crippen LogP contribution in [0.5, 0.6) is 0 Å². The van der Waals surface area contributed by atoms with E-state index in [0.717, 1.165) is 24.2 Å². The van der Waals surface area contributed by atoms with Gasteiger partial charge in [-0.3, -0.25) is 5.41 Å². The maximum atomic E-state index is 11.7. The average Bonchev–Trinajstić information content (AvgIpc) is 2.40. The Morgan fingerprint density at radius 2 is 2.25 bits per heavy atom. The van der Waals surface area contributed by atoms with Gasteiger partial charge in [-0.1, -0.05) is 0 Å². The average molecular weight is 309 g/mol. The Bertz CT molecular complexity index is 342. The summed E-state index contributed by atoms with van der Waals surface area (Å²) < 4.78 is 8.98. The fourth-order valence-electron chi connectivity index (χ4n) is 1.95. The minimum atomic E-state index is -1.06. The number of halogens is 1. The molecule has 0 bridgehead atoms. The van der Waals surface area contributed by atoms with Gasteiger partial charge in [0, 0.05) is 13.1 Å². The smallest absolute Gasteiger partial charge is 0.434 e. The zero-order chi connectivity index (χ0) is 14.3. The van der Waals surface area contributed by atoms with Gasteiger partial charge in [-0.2, -0.15) is 5.01 Å². The molecule has 1 fully saturated rings. The number of carbonyl (C=O) groups is 2. The maximum absolute atomic E-state index is 11.7. The van der Waals surface area contributed by atoms with Gasteiger partial charge in [0.2, 0.25) is 0 Å². The van der Waals surface area contributed by atoms with Crippen LogP contribution in [0, 0.1) is 11.3 Å². The number of hydrazine groups is 1. The first-order chi connectivity index (χ1) is 9.12. The van der Waals surface area contributed by atoms with Crippen molar-refractivity contribution in [1.29, 1.82) is 5.41 Å². The number of nitrogens with one attached hydrogen (secondary N) is 1. The van der Waals surface area contributed by atoms with Crippen LogP contribution in [0.15, 0.2) is 0 Å². The van der Waals surface area contributed by atoms with E-state index in [1.807, 2.05) is 0 Å². The van der Waals surface area contributed by atoms with Crippen LogP contribution >= 0.6 is 12.4 Å². The number of rotatable bonds is 4. The molecular weight excluding hydrogens is 288 g/mol. The van der Waals surface area contributed by atoms with Crippen LogP contribution in [0.4, 0.5) is 9.59 Å². The lowest BCUT2D eigenvalue weighted by atomic mass is 9.99. The number of piperidine rings is 1. The van der Waals surface area contributed by atoms with Crippen LogP contribution in [-0.4, -0.2) is 54.8 Å². The van der Waals surface area contributed by atoms with Gasteiger partial charge in [-0.05, 0) is 32.2 Å². The van der Waals surface area contributed by atoms with Gasteiger partial charge < -0.3 is 15.2 Å². The van der Waals surface area contributed by atoms with E-state index in [-0.39, 0.29) is 24.9 Å². The molecule has 0 unspecified atom stereocenters. The lowest BCUT2D eigenvalue weighted by molar-refractivity contribution is 0.00184. The Balaban J connectivity index is 0.00000361. The summed E-state index contributed by atoms with van der Waals surface area (Å²) in [7, 11) is 0. The number of nitrogens with zero attached hydrogens (tertiary/aromatic N) is 2. The van der Waals surface area contributed by atoms with E-state index in [4.69, 9.17) is 11.1 Å². The second-order valence-corrected chi connectivity index (χ2v) is 4.18. The third-order valence-corrected chi connectivity index (χ3v) is 2.88. The molecule has 0 aromatic carbocycles. The van der Waals surface area contributed by atoms with Gasteiger partial charge in [0.1, 0.15) is 6.34 Å². The number of hydrogen-bond acceptors (Lipinski definition) is 7. The molecule has 3 N–H and O–H groups in total. The second kappa shape index (κ2) is 9.51. The van der Waals surface area contributed by atoms with Gasteiger partial charge in [-0.25, -0.2) is 14.6 Å². The van der Waals surface area contributed by atoms with E-state index in [0.29, 0.717) is 19.6 Å². The number of nitrogens with two attached hydrogens (primary N) is 1. The number of ether oxygens (including phenoxy) is 2. The number of hydrogen-bond donors (Lipinski definition) is 2. The highest BCUT2D eigenvalue weighted by molar-refractivity contribution is 5.87. The molecule has 1 saturated heterocycles. The molecule has 1 amide bonds. The standard InChI is InChI=1S/C11H20N4O4.ClH/c1-2-18-11(17)19-10(16)15(8-13)14-5-3-4-9(6-12)7-14;/h8-9,13H,2-7,12H2,1H3;1H/t9-;/m0./s1. The quantitative estimate of drug-likeness (QED) is 0.349. The van der Waals surface area contributed by atoms with E-state index < -0.39 is 12.2 Å². The van der Waals surface area contributed by atoms with Crippen molar-refractivity contribution in [1.82, 2.24) is 10.0 Å². The molecule has 0 saturated carbocycles. The highest BCUT2D eigenvalue weighted by Crippen LogP contribution is 2.17. The van der Waals surface area contributed by atoms with Gasteiger partial charge in [-0.15, -0.1) is 12.4 Å². The molecule has 1 aliphatic rings. The Labute approximate surface area is 124 Å². The van der Waals surface area contributed by atoms with Gasteiger partial charge in [0.25, 0.3) is 0 Å². The molecule has 0 spiro atoms. The summed E-state index contributed by atoms with van der Waals surface area (Å²) in [6.45, 7) is 3.43. The second-order valence-electron chi connectivity index (χ2n) is 4.18. The largest absolute Gasteiger partial charge is 0.517 e. The van der Waals surface area contributed by atoms with E-state index in [1.165, 1.54) is 0 Å². The van der Waals surface area contributed by atoms with Crippen molar-refractivity contribution in [2.75, 3.05) is 26.2 Å². The maximum Gasteiger partial charge on any atom is 0.517 e. The molecule has 8 nitrogen and oxygen atoms in total. The summed E-state index contributed by atoms with van der Waals surface area (Å²) in [5.41, 5.74) is 5.61. The Morgan fingerprint density at radius 1 is 1.55 bits per heavy atom. The van der Waals surface area contributed by atoms with Crippen LogP contribution in [0.1, 0.15) is 19.8 Å². The van der Waals surface area contributed by atoms with Crippen LogP contribution < -0.4 is 5.73 Å². The van der Waals surface area contributed by atoms with E-state index in [9.17, 15) is 9.59 Å². The van der Waals surface area contributed by atoms with E-state index in [1.54, 1.807) is 11.9 Å². The van der Waals surface area contributed by atoms with Gasteiger partial charge in [0.05, 0.1) is 6.61 Å². The molecule has 116 valence electrons. The minimum absolute atomic E-state index is 0. The molecule has 1 atom stereocenters. The summed E-state index contributed by atoms with van der Waals surface area (Å²) in [5.74, 6) is 0.270.